The Balaban J connectivity index is 1.93. The maximum Gasteiger partial charge on any atom is 0.194 e. The maximum absolute atomic E-state index is 4.79. The Bertz CT molecular complexity index is 485. The van der Waals surface area contributed by atoms with E-state index < -0.39 is 0 Å². The van der Waals surface area contributed by atoms with Gasteiger partial charge in [-0.15, -0.1) is 10.2 Å². The van der Waals surface area contributed by atoms with Gasteiger partial charge in [0, 0.05) is 39.1 Å². The van der Waals surface area contributed by atoms with Crippen molar-refractivity contribution in [2.75, 3.05) is 26.2 Å². The van der Waals surface area contributed by atoms with Crippen molar-refractivity contribution < 1.29 is 0 Å². The van der Waals surface area contributed by atoms with Gasteiger partial charge in [-0.3, -0.25) is 4.99 Å². The van der Waals surface area contributed by atoms with Gasteiger partial charge in [0.15, 0.2) is 5.96 Å². The summed E-state index contributed by atoms with van der Waals surface area (Å²) in [6.07, 6.45) is 5.13. The number of likely N-dealkylation sites (tertiary alicyclic amines) is 1. The second-order valence-corrected chi connectivity index (χ2v) is 6.78. The Kier molecular flexibility index (Phi) is 6.86. The van der Waals surface area contributed by atoms with Gasteiger partial charge >= 0.3 is 0 Å². The zero-order valence-corrected chi connectivity index (χ0v) is 15.1. The number of nitrogens with one attached hydrogen (secondary N) is 1. The van der Waals surface area contributed by atoms with Crippen LogP contribution < -0.4 is 5.32 Å². The summed E-state index contributed by atoms with van der Waals surface area (Å²) in [5.41, 5.74) is 0. The highest BCUT2D eigenvalue weighted by Gasteiger charge is 2.24. The monoisotopic (exact) mass is 320 g/mol. The first-order valence-electron chi connectivity index (χ1n) is 9.03. The molecule has 0 radical (unpaired) electrons. The van der Waals surface area contributed by atoms with E-state index in [0.29, 0.717) is 0 Å². The van der Waals surface area contributed by atoms with Gasteiger partial charge in [-0.2, -0.15) is 0 Å². The van der Waals surface area contributed by atoms with E-state index in [0.717, 1.165) is 69.2 Å². The fourth-order valence-electron chi connectivity index (χ4n) is 3.35. The molecule has 6 nitrogen and oxygen atoms in total. The smallest absolute Gasteiger partial charge is 0.194 e. The molecule has 130 valence electrons. The molecule has 0 saturated carbocycles. The van der Waals surface area contributed by atoms with Gasteiger partial charge in [0.2, 0.25) is 0 Å². The van der Waals surface area contributed by atoms with Gasteiger partial charge in [0.25, 0.3) is 0 Å². The molecule has 1 aliphatic heterocycles. The molecular formula is C17H32N6. The summed E-state index contributed by atoms with van der Waals surface area (Å²) < 4.78 is 2.12. The van der Waals surface area contributed by atoms with Crippen LogP contribution in [0.2, 0.25) is 0 Å². The lowest BCUT2D eigenvalue weighted by Gasteiger charge is -2.37. The first kappa shape index (κ1) is 17.8. The standard InChI is InChI=1S/C17H32N6/c1-5-7-18-17(23-11-14(3)10-15(4)12-23)19-8-9-22-13-20-21-16(22)6-2/h13-15H,5-12H2,1-4H3,(H,18,19). The number of aliphatic imine (C=N–C) groups is 1. The molecule has 1 aromatic heterocycles. The molecule has 0 amide bonds. The molecule has 0 bridgehead atoms. The third kappa shape index (κ3) is 5.22. The highest BCUT2D eigenvalue weighted by molar-refractivity contribution is 5.80. The lowest BCUT2D eigenvalue weighted by Crippen LogP contribution is -2.49. The molecule has 0 aliphatic carbocycles. The third-order valence-electron chi connectivity index (χ3n) is 4.30. The molecular weight excluding hydrogens is 288 g/mol. The SMILES string of the molecule is CCCN=C(NCCn1cnnc1CC)N1CC(C)CC(C)C1. The molecule has 6 heteroatoms. The first-order chi connectivity index (χ1) is 11.1. The van der Waals surface area contributed by atoms with Crippen LogP contribution in [0.25, 0.3) is 0 Å². The number of hydrogen-bond acceptors (Lipinski definition) is 3. The molecule has 2 atom stereocenters. The van der Waals surface area contributed by atoms with Gasteiger partial charge < -0.3 is 14.8 Å². The average Bonchev–Trinajstić information content (AvgIpc) is 2.97. The molecule has 1 aromatic rings. The van der Waals surface area contributed by atoms with Crippen molar-refractivity contribution in [3.05, 3.63) is 12.2 Å². The van der Waals surface area contributed by atoms with Crippen LogP contribution in [0.4, 0.5) is 0 Å². The van der Waals surface area contributed by atoms with Crippen molar-refractivity contribution in [1.82, 2.24) is 25.0 Å². The number of aromatic nitrogens is 3. The third-order valence-corrected chi connectivity index (χ3v) is 4.30. The molecule has 1 fully saturated rings. The van der Waals surface area contributed by atoms with Crippen molar-refractivity contribution in [2.24, 2.45) is 16.8 Å². The van der Waals surface area contributed by atoms with Crippen LogP contribution in [0.5, 0.6) is 0 Å². The topological polar surface area (TPSA) is 58.3 Å². The van der Waals surface area contributed by atoms with E-state index in [2.05, 4.69) is 52.7 Å². The van der Waals surface area contributed by atoms with Crippen LogP contribution in [-0.2, 0) is 13.0 Å². The van der Waals surface area contributed by atoms with E-state index in [1.807, 2.05) is 6.33 Å². The highest BCUT2D eigenvalue weighted by atomic mass is 15.3. The minimum Gasteiger partial charge on any atom is -0.354 e. The minimum atomic E-state index is 0.733. The van der Waals surface area contributed by atoms with Crippen LogP contribution in [0.15, 0.2) is 11.3 Å². The van der Waals surface area contributed by atoms with Crippen LogP contribution in [0.3, 0.4) is 0 Å². The van der Waals surface area contributed by atoms with E-state index >= 15 is 0 Å². The molecule has 1 saturated heterocycles. The van der Waals surface area contributed by atoms with Crippen LogP contribution in [0.1, 0.15) is 46.4 Å². The number of rotatable bonds is 6. The average molecular weight is 320 g/mol. The Morgan fingerprint density at radius 3 is 2.70 bits per heavy atom. The zero-order valence-electron chi connectivity index (χ0n) is 15.1. The maximum atomic E-state index is 4.79. The molecule has 0 aromatic carbocycles. The van der Waals surface area contributed by atoms with Gasteiger partial charge in [0.1, 0.15) is 12.2 Å². The molecule has 1 N–H and O–H groups in total. The van der Waals surface area contributed by atoms with E-state index in [4.69, 9.17) is 4.99 Å². The van der Waals surface area contributed by atoms with Crippen LogP contribution in [0, 0.1) is 11.8 Å². The van der Waals surface area contributed by atoms with Gasteiger partial charge in [-0.05, 0) is 24.7 Å². The summed E-state index contributed by atoms with van der Waals surface area (Å²) in [6, 6.07) is 0. The molecule has 23 heavy (non-hydrogen) atoms. The quantitative estimate of drug-likeness (QED) is 0.645. The Morgan fingerprint density at radius 1 is 1.30 bits per heavy atom. The van der Waals surface area contributed by atoms with Crippen molar-refractivity contribution >= 4 is 5.96 Å². The van der Waals surface area contributed by atoms with Crippen molar-refractivity contribution in [1.29, 1.82) is 0 Å². The Labute approximate surface area is 140 Å². The minimum absolute atomic E-state index is 0.733. The van der Waals surface area contributed by atoms with Gasteiger partial charge in [-0.1, -0.05) is 27.7 Å². The van der Waals surface area contributed by atoms with Crippen molar-refractivity contribution in [2.45, 2.75) is 53.5 Å². The molecule has 2 heterocycles. The fourth-order valence-corrected chi connectivity index (χ4v) is 3.35. The number of piperidine rings is 1. The predicted octanol–water partition coefficient (Wildman–Crippen LogP) is 2.17. The molecule has 2 unspecified atom stereocenters. The lowest BCUT2D eigenvalue weighted by atomic mass is 9.92. The predicted molar refractivity (Wildman–Crippen MR) is 94.5 cm³/mol. The highest BCUT2D eigenvalue weighted by Crippen LogP contribution is 2.20. The summed E-state index contributed by atoms with van der Waals surface area (Å²) in [7, 11) is 0. The van der Waals surface area contributed by atoms with Crippen LogP contribution >= 0.6 is 0 Å². The Morgan fingerprint density at radius 2 is 2.04 bits per heavy atom. The van der Waals surface area contributed by atoms with E-state index in [-0.39, 0.29) is 0 Å². The van der Waals surface area contributed by atoms with Gasteiger partial charge in [-0.25, -0.2) is 0 Å². The summed E-state index contributed by atoms with van der Waals surface area (Å²) in [5.74, 6) is 3.57. The van der Waals surface area contributed by atoms with E-state index in [1.54, 1.807) is 0 Å². The van der Waals surface area contributed by atoms with Crippen molar-refractivity contribution in [3.63, 3.8) is 0 Å². The summed E-state index contributed by atoms with van der Waals surface area (Å²) in [5, 5.41) is 11.7. The van der Waals surface area contributed by atoms with Gasteiger partial charge in [0.05, 0.1) is 0 Å². The largest absolute Gasteiger partial charge is 0.354 e. The van der Waals surface area contributed by atoms with E-state index in [1.165, 1.54) is 6.42 Å². The molecule has 0 spiro atoms. The number of nitrogens with zero attached hydrogens (tertiary/aromatic N) is 5. The first-order valence-corrected chi connectivity index (χ1v) is 9.03. The zero-order chi connectivity index (χ0) is 16.7. The number of guanidine groups is 1. The second kappa shape index (κ2) is 8.89. The Hall–Kier alpha value is -1.59. The lowest BCUT2D eigenvalue weighted by molar-refractivity contribution is 0.208. The summed E-state index contributed by atoms with van der Waals surface area (Å²) >= 11 is 0. The fraction of sp³-hybridized carbons (Fsp3) is 0.824. The number of aryl methyl sites for hydroxylation is 1. The molecule has 2 rings (SSSR count). The normalized spacial score (nSPS) is 22.4. The summed E-state index contributed by atoms with van der Waals surface area (Å²) in [4.78, 5) is 7.22. The number of hydrogen-bond donors (Lipinski definition) is 1. The summed E-state index contributed by atoms with van der Waals surface area (Å²) in [6.45, 7) is 13.8. The van der Waals surface area contributed by atoms with Crippen LogP contribution in [-0.4, -0.2) is 51.8 Å². The second-order valence-electron chi connectivity index (χ2n) is 6.78. The van der Waals surface area contributed by atoms with E-state index in [9.17, 15) is 0 Å². The molecule has 1 aliphatic rings. The van der Waals surface area contributed by atoms with Crippen molar-refractivity contribution in [3.8, 4) is 0 Å².